The van der Waals surface area contributed by atoms with Crippen molar-refractivity contribution in [2.45, 2.75) is 13.5 Å². The van der Waals surface area contributed by atoms with Crippen LogP contribution in [-0.4, -0.2) is 59.8 Å². The Balaban J connectivity index is 1.74. The second kappa shape index (κ2) is 6.84. The first-order valence-corrected chi connectivity index (χ1v) is 10.1. The zero-order valence-corrected chi connectivity index (χ0v) is 15.4. The summed E-state index contributed by atoms with van der Waals surface area (Å²) in [6.45, 7) is 5.05. The van der Waals surface area contributed by atoms with Gasteiger partial charge in [-0.3, -0.25) is 4.90 Å². The van der Waals surface area contributed by atoms with Crippen molar-refractivity contribution in [2.24, 2.45) is 0 Å². The quantitative estimate of drug-likeness (QED) is 0.827. The molecule has 24 heavy (non-hydrogen) atoms. The first-order valence-electron chi connectivity index (χ1n) is 7.83. The molecular formula is C16H21ClN4O2S. The second-order valence-electron chi connectivity index (χ2n) is 6.04. The topological polar surface area (TPSA) is 58.4 Å². The van der Waals surface area contributed by atoms with E-state index in [-0.39, 0.29) is 0 Å². The van der Waals surface area contributed by atoms with Gasteiger partial charge in [0.25, 0.3) is 0 Å². The lowest BCUT2D eigenvalue weighted by Crippen LogP contribution is -2.47. The monoisotopic (exact) mass is 368 g/mol. The van der Waals surface area contributed by atoms with Crippen molar-refractivity contribution in [2.75, 3.05) is 32.4 Å². The number of nitrogens with zero attached hydrogens (tertiary/aromatic N) is 4. The molecule has 0 radical (unpaired) electrons. The van der Waals surface area contributed by atoms with Crippen molar-refractivity contribution in [3.05, 3.63) is 46.7 Å². The summed E-state index contributed by atoms with van der Waals surface area (Å²) in [5.74, 6) is 0. The summed E-state index contributed by atoms with van der Waals surface area (Å²) in [6, 6.07) is 9.79. The van der Waals surface area contributed by atoms with E-state index in [4.69, 9.17) is 11.6 Å². The molecule has 8 heteroatoms. The van der Waals surface area contributed by atoms with Gasteiger partial charge in [-0.1, -0.05) is 29.8 Å². The molecule has 1 aliphatic heterocycles. The molecule has 0 saturated carbocycles. The lowest BCUT2D eigenvalue weighted by atomic mass is 10.2. The summed E-state index contributed by atoms with van der Waals surface area (Å²) in [6.07, 6.45) is 1.26. The van der Waals surface area contributed by atoms with Crippen molar-refractivity contribution < 1.29 is 8.42 Å². The van der Waals surface area contributed by atoms with Gasteiger partial charge in [0.15, 0.2) is 0 Å². The third-order valence-corrected chi connectivity index (χ3v) is 6.00. The van der Waals surface area contributed by atoms with E-state index in [0.29, 0.717) is 37.9 Å². The predicted octanol–water partition coefficient (Wildman–Crippen LogP) is 1.91. The predicted molar refractivity (Wildman–Crippen MR) is 95.0 cm³/mol. The van der Waals surface area contributed by atoms with E-state index in [1.54, 1.807) is 4.68 Å². The summed E-state index contributed by atoms with van der Waals surface area (Å²) in [4.78, 5) is 2.22. The molecule has 0 amide bonds. The van der Waals surface area contributed by atoms with Gasteiger partial charge < -0.3 is 0 Å². The fourth-order valence-electron chi connectivity index (χ4n) is 2.89. The summed E-state index contributed by atoms with van der Waals surface area (Å²) >= 11 is 6.55. The van der Waals surface area contributed by atoms with Crippen molar-refractivity contribution in [3.63, 3.8) is 0 Å². The standard InChI is InChI=1S/C16H21ClN4O2S/c1-13-15(12-19-8-10-20(11-9-19)24(2,22)23)16(17)21(18-13)14-6-4-3-5-7-14/h3-7H,8-12H2,1-2H3. The van der Waals surface area contributed by atoms with Crippen LogP contribution in [0.3, 0.4) is 0 Å². The highest BCUT2D eigenvalue weighted by molar-refractivity contribution is 7.88. The highest BCUT2D eigenvalue weighted by Crippen LogP contribution is 2.25. The van der Waals surface area contributed by atoms with Crippen LogP contribution in [0.25, 0.3) is 5.69 Å². The number of halogens is 1. The molecular weight excluding hydrogens is 348 g/mol. The number of sulfonamides is 1. The van der Waals surface area contributed by atoms with Crippen LogP contribution in [0.5, 0.6) is 0 Å². The molecule has 3 rings (SSSR count). The highest BCUT2D eigenvalue weighted by Gasteiger charge is 2.25. The van der Waals surface area contributed by atoms with Crippen molar-refractivity contribution in [1.29, 1.82) is 0 Å². The minimum atomic E-state index is -3.11. The van der Waals surface area contributed by atoms with E-state index >= 15 is 0 Å². The Labute approximate surface area is 147 Å². The van der Waals surface area contributed by atoms with Gasteiger partial charge in [-0.2, -0.15) is 9.40 Å². The molecule has 0 aliphatic carbocycles. The van der Waals surface area contributed by atoms with Crippen LogP contribution >= 0.6 is 11.6 Å². The average molecular weight is 369 g/mol. The molecule has 6 nitrogen and oxygen atoms in total. The molecule has 0 unspecified atom stereocenters. The molecule has 1 aromatic carbocycles. The molecule has 0 atom stereocenters. The summed E-state index contributed by atoms with van der Waals surface area (Å²) in [5, 5.41) is 5.17. The zero-order valence-electron chi connectivity index (χ0n) is 13.8. The average Bonchev–Trinajstić information content (AvgIpc) is 2.83. The molecule has 1 aromatic heterocycles. The molecule has 0 N–H and O–H groups in total. The third kappa shape index (κ3) is 3.64. The van der Waals surface area contributed by atoms with Crippen molar-refractivity contribution >= 4 is 21.6 Å². The normalized spacial score (nSPS) is 17.3. The van der Waals surface area contributed by atoms with Crippen LogP contribution in [0.2, 0.25) is 5.15 Å². The Morgan fingerprint density at radius 3 is 2.33 bits per heavy atom. The minimum absolute atomic E-state index is 0.516. The zero-order chi connectivity index (χ0) is 17.3. The van der Waals surface area contributed by atoms with E-state index < -0.39 is 10.0 Å². The largest absolute Gasteiger partial charge is 0.296 e. The lowest BCUT2D eigenvalue weighted by molar-refractivity contribution is 0.182. The Kier molecular flexibility index (Phi) is 4.96. The van der Waals surface area contributed by atoms with Gasteiger partial charge in [0.1, 0.15) is 5.15 Å². The highest BCUT2D eigenvalue weighted by atomic mass is 35.5. The Morgan fingerprint density at radius 1 is 1.12 bits per heavy atom. The Bertz CT molecular complexity index is 812. The van der Waals surface area contributed by atoms with Gasteiger partial charge in [0.05, 0.1) is 17.6 Å². The molecule has 130 valence electrons. The number of aryl methyl sites for hydroxylation is 1. The fourth-order valence-corrected chi connectivity index (χ4v) is 4.05. The van der Waals surface area contributed by atoms with Crippen LogP contribution in [0.1, 0.15) is 11.3 Å². The van der Waals surface area contributed by atoms with E-state index in [1.165, 1.54) is 10.6 Å². The number of piperazine rings is 1. The van der Waals surface area contributed by atoms with E-state index in [2.05, 4.69) is 10.00 Å². The van der Waals surface area contributed by atoms with Gasteiger partial charge in [0.2, 0.25) is 10.0 Å². The Morgan fingerprint density at radius 2 is 1.75 bits per heavy atom. The summed E-state index contributed by atoms with van der Waals surface area (Å²) in [7, 11) is -3.11. The molecule has 0 bridgehead atoms. The van der Waals surface area contributed by atoms with Gasteiger partial charge in [0, 0.05) is 38.3 Å². The van der Waals surface area contributed by atoms with Crippen molar-refractivity contribution in [3.8, 4) is 5.69 Å². The van der Waals surface area contributed by atoms with Gasteiger partial charge in [-0.05, 0) is 19.1 Å². The number of para-hydroxylation sites is 1. The molecule has 2 aromatic rings. The smallest absolute Gasteiger partial charge is 0.211 e. The maximum atomic E-state index is 11.6. The van der Waals surface area contributed by atoms with Gasteiger partial charge >= 0.3 is 0 Å². The maximum Gasteiger partial charge on any atom is 0.211 e. The van der Waals surface area contributed by atoms with Crippen LogP contribution in [0.15, 0.2) is 30.3 Å². The van der Waals surface area contributed by atoms with Gasteiger partial charge in [-0.15, -0.1) is 0 Å². The van der Waals surface area contributed by atoms with E-state index in [1.807, 2.05) is 37.3 Å². The number of aromatic nitrogens is 2. The second-order valence-corrected chi connectivity index (χ2v) is 8.38. The van der Waals surface area contributed by atoms with E-state index in [0.717, 1.165) is 16.9 Å². The van der Waals surface area contributed by atoms with Crippen LogP contribution in [-0.2, 0) is 16.6 Å². The summed E-state index contributed by atoms with van der Waals surface area (Å²) < 4.78 is 26.5. The number of hydrogen-bond donors (Lipinski definition) is 0. The Hall–Kier alpha value is -1.41. The molecule has 0 spiro atoms. The molecule has 2 heterocycles. The first-order chi connectivity index (χ1) is 11.4. The van der Waals surface area contributed by atoms with Crippen LogP contribution in [0.4, 0.5) is 0 Å². The minimum Gasteiger partial charge on any atom is -0.296 e. The summed E-state index contributed by atoms with van der Waals surface area (Å²) in [5.41, 5.74) is 2.82. The molecule has 1 fully saturated rings. The number of hydrogen-bond acceptors (Lipinski definition) is 4. The van der Waals surface area contributed by atoms with E-state index in [9.17, 15) is 8.42 Å². The number of rotatable bonds is 4. The third-order valence-electron chi connectivity index (χ3n) is 4.30. The number of benzene rings is 1. The first kappa shape index (κ1) is 17.4. The fraction of sp³-hybridized carbons (Fsp3) is 0.438. The van der Waals surface area contributed by atoms with Crippen LogP contribution < -0.4 is 0 Å². The van der Waals surface area contributed by atoms with Gasteiger partial charge in [-0.25, -0.2) is 13.1 Å². The molecule has 1 saturated heterocycles. The molecule has 1 aliphatic rings. The van der Waals surface area contributed by atoms with Crippen LogP contribution in [0, 0.1) is 6.92 Å². The SMILES string of the molecule is Cc1nn(-c2ccccc2)c(Cl)c1CN1CCN(S(C)(=O)=O)CC1. The van der Waals surface area contributed by atoms with Crippen molar-refractivity contribution in [1.82, 2.24) is 19.0 Å². The maximum absolute atomic E-state index is 11.6. The lowest BCUT2D eigenvalue weighted by Gasteiger charge is -2.33.